The molecule has 1 saturated carbocycles. The predicted octanol–water partition coefficient (Wildman–Crippen LogP) is -0.816. The third-order valence-electron chi connectivity index (χ3n) is 2.89. The van der Waals surface area contributed by atoms with E-state index in [1.54, 1.807) is 0 Å². The molecule has 1 aliphatic rings. The maximum Gasteiger partial charge on any atom is 0.325 e. The molecule has 1 atom stereocenters. The van der Waals surface area contributed by atoms with Crippen LogP contribution in [-0.2, 0) is 9.59 Å². The first-order valence-corrected chi connectivity index (χ1v) is 5.44. The summed E-state index contributed by atoms with van der Waals surface area (Å²) in [6.45, 7) is 0. The summed E-state index contributed by atoms with van der Waals surface area (Å²) in [5, 5.41) is 0. The van der Waals surface area contributed by atoms with Crippen LogP contribution in [0.3, 0.4) is 0 Å². The Bertz CT molecular complexity index is 639. The molecule has 18 heavy (non-hydrogen) atoms. The lowest BCUT2D eigenvalue weighted by Gasteiger charge is -2.17. The number of carbonyl (C=O) groups is 3. The monoisotopic (exact) mass is 250 g/mol. The Labute approximate surface area is 100 Å². The van der Waals surface area contributed by atoms with Crippen LogP contribution in [0.5, 0.6) is 0 Å². The molecular weight excluding hydrogens is 240 g/mol. The van der Waals surface area contributed by atoms with Gasteiger partial charge in [0.2, 0.25) is 5.78 Å². The third-order valence-corrected chi connectivity index (χ3v) is 2.89. The molecule has 0 aliphatic heterocycles. The molecule has 1 aromatic rings. The van der Waals surface area contributed by atoms with Crippen molar-refractivity contribution in [2.24, 2.45) is 5.92 Å². The number of hydrogen-bond donors (Lipinski definition) is 2. The van der Waals surface area contributed by atoms with E-state index in [2.05, 4.69) is 4.98 Å². The van der Waals surface area contributed by atoms with Crippen LogP contribution in [0.25, 0.3) is 0 Å². The topological polar surface area (TPSA) is 117 Å². The van der Waals surface area contributed by atoms with Crippen LogP contribution in [-0.4, -0.2) is 27.3 Å². The van der Waals surface area contributed by atoms with Gasteiger partial charge in [0, 0.05) is 12.6 Å². The van der Waals surface area contributed by atoms with Gasteiger partial charge in [-0.3, -0.25) is 24.2 Å². The molecule has 1 aromatic heterocycles. The van der Waals surface area contributed by atoms with Gasteiger partial charge in [0.25, 0.3) is 5.56 Å². The molecule has 1 fully saturated rings. The first kappa shape index (κ1) is 12.2. The molecule has 7 nitrogen and oxygen atoms in total. The van der Waals surface area contributed by atoms with Crippen molar-refractivity contribution in [2.45, 2.75) is 19.3 Å². The number of rotatable bonds is 2. The molecule has 0 spiro atoms. The highest BCUT2D eigenvalue weighted by atomic mass is 16.2. The molecule has 2 rings (SSSR count). The number of carbonyl (C=O) groups excluding carboxylic acids is 3. The smallest absolute Gasteiger partial charge is 0.313 e. The van der Waals surface area contributed by atoms with Crippen molar-refractivity contribution < 1.29 is 14.4 Å². The molecule has 1 heterocycles. The quantitative estimate of drug-likeness (QED) is 0.404. The van der Waals surface area contributed by atoms with E-state index >= 15 is 0 Å². The predicted molar refractivity (Wildman–Crippen MR) is 59.4 cm³/mol. The van der Waals surface area contributed by atoms with Crippen LogP contribution in [0.2, 0.25) is 0 Å². The lowest BCUT2D eigenvalue weighted by atomic mass is 9.82. The lowest BCUT2D eigenvalue weighted by molar-refractivity contribution is -0.139. The second-order valence-corrected chi connectivity index (χ2v) is 4.08. The summed E-state index contributed by atoms with van der Waals surface area (Å²) in [4.78, 5) is 61.1. The number of aromatic nitrogens is 2. The van der Waals surface area contributed by atoms with Crippen molar-refractivity contribution in [1.29, 1.82) is 0 Å². The van der Waals surface area contributed by atoms with E-state index in [0.717, 1.165) is 6.20 Å². The molecular formula is C11H10N2O5. The molecule has 1 aliphatic carbocycles. The zero-order chi connectivity index (χ0) is 13.3. The van der Waals surface area contributed by atoms with Crippen LogP contribution >= 0.6 is 0 Å². The van der Waals surface area contributed by atoms with E-state index in [1.165, 1.54) is 0 Å². The van der Waals surface area contributed by atoms with Gasteiger partial charge in [-0.05, 0) is 12.8 Å². The molecule has 7 heteroatoms. The van der Waals surface area contributed by atoms with E-state index in [0.29, 0.717) is 6.42 Å². The van der Waals surface area contributed by atoms with Crippen LogP contribution in [0.4, 0.5) is 0 Å². The largest absolute Gasteiger partial charge is 0.325 e. The Balaban J connectivity index is 2.36. The number of aromatic amines is 2. The van der Waals surface area contributed by atoms with E-state index < -0.39 is 34.5 Å². The van der Waals surface area contributed by atoms with Crippen molar-refractivity contribution in [3.05, 3.63) is 32.6 Å². The van der Waals surface area contributed by atoms with Crippen molar-refractivity contribution in [3.8, 4) is 0 Å². The Morgan fingerprint density at radius 2 is 1.94 bits per heavy atom. The van der Waals surface area contributed by atoms with E-state index in [1.807, 2.05) is 4.98 Å². The molecule has 0 aromatic carbocycles. The van der Waals surface area contributed by atoms with E-state index in [9.17, 15) is 24.0 Å². The third kappa shape index (κ3) is 2.06. The summed E-state index contributed by atoms with van der Waals surface area (Å²) in [5.74, 6) is -3.15. The van der Waals surface area contributed by atoms with Crippen LogP contribution in [0.1, 0.15) is 29.6 Å². The highest BCUT2D eigenvalue weighted by Gasteiger charge is 2.36. The number of nitrogens with one attached hydrogen (secondary N) is 2. The van der Waals surface area contributed by atoms with E-state index in [-0.39, 0.29) is 18.4 Å². The zero-order valence-electron chi connectivity index (χ0n) is 9.32. The highest BCUT2D eigenvalue weighted by Crippen LogP contribution is 2.21. The second-order valence-electron chi connectivity index (χ2n) is 4.08. The molecule has 0 bridgehead atoms. The standard InChI is InChI=1S/C11H10N2O5/c14-7-3-1-2-5(9(7)16)8(15)6-4-12-11(18)13-10(6)17/h4-5H,1-3H2,(H2,12,13,17,18). The number of ketones is 3. The van der Waals surface area contributed by atoms with Crippen LogP contribution in [0.15, 0.2) is 15.8 Å². The first-order valence-electron chi connectivity index (χ1n) is 5.44. The van der Waals surface area contributed by atoms with Crippen molar-refractivity contribution >= 4 is 17.3 Å². The Hall–Kier alpha value is -2.31. The summed E-state index contributed by atoms with van der Waals surface area (Å²) >= 11 is 0. The fourth-order valence-corrected chi connectivity index (χ4v) is 1.95. The fraction of sp³-hybridized carbons (Fsp3) is 0.364. The molecule has 94 valence electrons. The highest BCUT2D eigenvalue weighted by molar-refractivity contribution is 6.42. The van der Waals surface area contributed by atoms with Crippen LogP contribution in [0, 0.1) is 5.92 Å². The molecule has 1 unspecified atom stereocenters. The molecule has 0 radical (unpaired) electrons. The Morgan fingerprint density at radius 1 is 1.22 bits per heavy atom. The van der Waals surface area contributed by atoms with Gasteiger partial charge in [-0.25, -0.2) is 4.79 Å². The zero-order valence-corrected chi connectivity index (χ0v) is 9.32. The summed E-state index contributed by atoms with van der Waals surface area (Å²) in [5.41, 5.74) is -1.89. The lowest BCUT2D eigenvalue weighted by Crippen LogP contribution is -2.37. The number of hydrogen-bond acceptors (Lipinski definition) is 5. The van der Waals surface area contributed by atoms with Gasteiger partial charge in [0.05, 0.1) is 11.5 Å². The number of Topliss-reactive ketones (excluding diaryl/α,β-unsaturated/α-hetero) is 3. The minimum atomic E-state index is -1.10. The van der Waals surface area contributed by atoms with Crippen LogP contribution < -0.4 is 11.2 Å². The van der Waals surface area contributed by atoms with Crippen molar-refractivity contribution in [3.63, 3.8) is 0 Å². The Morgan fingerprint density at radius 3 is 2.61 bits per heavy atom. The Kier molecular flexibility index (Phi) is 3.05. The van der Waals surface area contributed by atoms with E-state index in [4.69, 9.17) is 0 Å². The van der Waals surface area contributed by atoms with Crippen molar-refractivity contribution in [1.82, 2.24) is 9.97 Å². The molecule has 2 N–H and O–H groups in total. The second kappa shape index (κ2) is 4.52. The maximum absolute atomic E-state index is 12.0. The minimum absolute atomic E-state index is 0.143. The van der Waals surface area contributed by atoms with Gasteiger partial charge in [-0.15, -0.1) is 0 Å². The first-order chi connectivity index (χ1) is 8.50. The van der Waals surface area contributed by atoms with Gasteiger partial charge >= 0.3 is 5.69 Å². The normalized spacial score (nSPS) is 19.9. The maximum atomic E-state index is 12.0. The van der Waals surface area contributed by atoms with Gasteiger partial charge in [0.15, 0.2) is 11.6 Å². The van der Waals surface area contributed by atoms with Crippen molar-refractivity contribution in [2.75, 3.05) is 0 Å². The van der Waals surface area contributed by atoms with Gasteiger partial charge < -0.3 is 4.98 Å². The summed E-state index contributed by atoms with van der Waals surface area (Å²) in [6.07, 6.45) is 1.81. The average molecular weight is 250 g/mol. The summed E-state index contributed by atoms with van der Waals surface area (Å²) < 4.78 is 0. The minimum Gasteiger partial charge on any atom is -0.313 e. The SMILES string of the molecule is O=C1CCCC(C(=O)c2c[nH]c(=O)[nH]c2=O)C1=O. The molecule has 0 amide bonds. The van der Waals surface area contributed by atoms with Gasteiger partial charge in [-0.1, -0.05) is 0 Å². The van der Waals surface area contributed by atoms with Gasteiger partial charge in [0.1, 0.15) is 0 Å². The number of H-pyrrole nitrogens is 2. The molecule has 0 saturated heterocycles. The van der Waals surface area contributed by atoms with Gasteiger partial charge in [-0.2, -0.15) is 0 Å². The average Bonchev–Trinajstić information content (AvgIpc) is 2.32. The summed E-state index contributed by atoms with van der Waals surface area (Å²) in [7, 11) is 0. The fourth-order valence-electron chi connectivity index (χ4n) is 1.95. The summed E-state index contributed by atoms with van der Waals surface area (Å²) in [6, 6.07) is 0.